The van der Waals surface area contributed by atoms with Gasteiger partial charge in [-0.3, -0.25) is 4.90 Å². The summed E-state index contributed by atoms with van der Waals surface area (Å²) in [6.07, 6.45) is 4.03. The first kappa shape index (κ1) is 15.9. The van der Waals surface area contributed by atoms with Gasteiger partial charge >= 0.3 is 0 Å². The third-order valence-electron chi connectivity index (χ3n) is 4.15. The standard InChI is InChI=1S/C15H32N2O/c1-5-16-14-9-8-13(4)12-15(14)17(6-2)10-11-18-7-3/h13-16H,5-12H2,1-4H3. The number of hydrogen-bond acceptors (Lipinski definition) is 3. The van der Waals surface area contributed by atoms with Gasteiger partial charge in [0.15, 0.2) is 0 Å². The molecule has 3 unspecified atom stereocenters. The lowest BCUT2D eigenvalue weighted by atomic mass is 9.82. The maximum atomic E-state index is 5.52. The molecule has 0 spiro atoms. The zero-order valence-corrected chi connectivity index (χ0v) is 12.7. The Bertz CT molecular complexity index is 211. The molecule has 0 aromatic carbocycles. The van der Waals surface area contributed by atoms with E-state index < -0.39 is 0 Å². The van der Waals surface area contributed by atoms with E-state index in [1.54, 1.807) is 0 Å². The lowest BCUT2D eigenvalue weighted by molar-refractivity contribution is 0.0626. The summed E-state index contributed by atoms with van der Waals surface area (Å²) in [5, 5.41) is 3.68. The van der Waals surface area contributed by atoms with Gasteiger partial charge in [0.2, 0.25) is 0 Å². The normalized spacial score (nSPS) is 28.8. The molecule has 0 aromatic heterocycles. The van der Waals surface area contributed by atoms with E-state index in [2.05, 4.69) is 37.9 Å². The van der Waals surface area contributed by atoms with Gasteiger partial charge in [-0.25, -0.2) is 0 Å². The zero-order chi connectivity index (χ0) is 13.4. The fourth-order valence-corrected chi connectivity index (χ4v) is 3.14. The minimum Gasteiger partial charge on any atom is -0.380 e. The van der Waals surface area contributed by atoms with E-state index >= 15 is 0 Å². The fourth-order valence-electron chi connectivity index (χ4n) is 3.14. The van der Waals surface area contributed by atoms with Crippen molar-refractivity contribution in [1.82, 2.24) is 10.2 Å². The van der Waals surface area contributed by atoms with Gasteiger partial charge in [-0.15, -0.1) is 0 Å². The summed E-state index contributed by atoms with van der Waals surface area (Å²) >= 11 is 0. The molecule has 3 atom stereocenters. The molecule has 3 nitrogen and oxygen atoms in total. The third kappa shape index (κ3) is 4.87. The van der Waals surface area contributed by atoms with Crippen molar-refractivity contribution in [2.45, 2.75) is 59.0 Å². The Morgan fingerprint density at radius 2 is 2.00 bits per heavy atom. The number of hydrogen-bond donors (Lipinski definition) is 1. The van der Waals surface area contributed by atoms with Crippen molar-refractivity contribution in [2.24, 2.45) is 5.92 Å². The van der Waals surface area contributed by atoms with Crippen molar-refractivity contribution in [2.75, 3.05) is 32.8 Å². The van der Waals surface area contributed by atoms with Crippen molar-refractivity contribution >= 4 is 0 Å². The Morgan fingerprint density at radius 3 is 2.61 bits per heavy atom. The predicted octanol–water partition coefficient (Wildman–Crippen LogP) is 2.51. The Morgan fingerprint density at radius 1 is 1.22 bits per heavy atom. The number of nitrogens with one attached hydrogen (secondary N) is 1. The second kappa shape index (κ2) is 8.89. The van der Waals surface area contributed by atoms with E-state index in [4.69, 9.17) is 4.74 Å². The summed E-state index contributed by atoms with van der Waals surface area (Å²) in [5.74, 6) is 0.867. The van der Waals surface area contributed by atoms with Gasteiger partial charge in [0, 0.05) is 25.2 Å². The van der Waals surface area contributed by atoms with E-state index in [9.17, 15) is 0 Å². The van der Waals surface area contributed by atoms with Crippen molar-refractivity contribution in [3.05, 3.63) is 0 Å². The van der Waals surface area contributed by atoms with Crippen molar-refractivity contribution in [1.29, 1.82) is 0 Å². The van der Waals surface area contributed by atoms with Crippen molar-refractivity contribution < 1.29 is 4.74 Å². The van der Waals surface area contributed by atoms with Crippen LogP contribution in [0.3, 0.4) is 0 Å². The van der Waals surface area contributed by atoms with Gasteiger partial charge in [0.05, 0.1) is 6.61 Å². The molecule has 1 aliphatic carbocycles. The molecule has 0 heterocycles. The average molecular weight is 256 g/mol. The molecular weight excluding hydrogens is 224 g/mol. The van der Waals surface area contributed by atoms with Crippen LogP contribution >= 0.6 is 0 Å². The summed E-state index contributed by atoms with van der Waals surface area (Å²) in [4.78, 5) is 2.61. The van der Waals surface area contributed by atoms with Gasteiger partial charge < -0.3 is 10.1 Å². The highest BCUT2D eigenvalue weighted by Gasteiger charge is 2.31. The Hall–Kier alpha value is -0.120. The SMILES string of the molecule is CCNC1CCC(C)CC1N(CC)CCOCC. The summed E-state index contributed by atoms with van der Waals surface area (Å²) in [5.41, 5.74) is 0. The van der Waals surface area contributed by atoms with Crippen LogP contribution in [0.2, 0.25) is 0 Å². The maximum absolute atomic E-state index is 5.52. The third-order valence-corrected chi connectivity index (χ3v) is 4.15. The highest BCUT2D eigenvalue weighted by Crippen LogP contribution is 2.27. The monoisotopic (exact) mass is 256 g/mol. The van der Waals surface area contributed by atoms with E-state index in [1.807, 2.05) is 0 Å². The minimum atomic E-state index is 0.674. The van der Waals surface area contributed by atoms with E-state index in [-0.39, 0.29) is 0 Å². The molecule has 1 fully saturated rings. The molecule has 0 saturated heterocycles. The molecule has 0 aromatic rings. The van der Waals surface area contributed by atoms with E-state index in [0.29, 0.717) is 12.1 Å². The number of ether oxygens (including phenoxy) is 1. The van der Waals surface area contributed by atoms with Crippen molar-refractivity contribution in [3.8, 4) is 0 Å². The molecular formula is C15H32N2O. The molecule has 0 amide bonds. The lowest BCUT2D eigenvalue weighted by Gasteiger charge is -2.42. The van der Waals surface area contributed by atoms with Crippen LogP contribution in [0, 0.1) is 5.92 Å². The fraction of sp³-hybridized carbons (Fsp3) is 1.00. The highest BCUT2D eigenvalue weighted by molar-refractivity contribution is 4.89. The molecule has 1 saturated carbocycles. The Labute approximate surface area is 113 Å². The van der Waals surface area contributed by atoms with Gasteiger partial charge in [0.1, 0.15) is 0 Å². The molecule has 0 radical (unpaired) electrons. The Balaban J connectivity index is 2.53. The molecule has 1 aliphatic rings. The number of nitrogens with zero attached hydrogens (tertiary/aromatic N) is 1. The largest absolute Gasteiger partial charge is 0.380 e. The highest BCUT2D eigenvalue weighted by atomic mass is 16.5. The minimum absolute atomic E-state index is 0.674. The first-order chi connectivity index (χ1) is 8.72. The molecule has 0 aliphatic heterocycles. The van der Waals surface area contributed by atoms with Crippen LogP contribution in [0.4, 0.5) is 0 Å². The number of rotatable bonds is 8. The van der Waals surface area contributed by atoms with Crippen LogP contribution in [0.15, 0.2) is 0 Å². The Kier molecular flexibility index (Phi) is 7.87. The van der Waals surface area contributed by atoms with Gasteiger partial charge in [-0.2, -0.15) is 0 Å². The van der Waals surface area contributed by atoms with Crippen LogP contribution in [-0.2, 0) is 4.74 Å². The first-order valence-corrected chi connectivity index (χ1v) is 7.78. The molecule has 108 valence electrons. The quantitative estimate of drug-likeness (QED) is 0.675. The molecule has 0 bridgehead atoms. The summed E-state index contributed by atoms with van der Waals surface area (Å²) in [6, 6.07) is 1.37. The van der Waals surface area contributed by atoms with Crippen LogP contribution in [0.5, 0.6) is 0 Å². The molecule has 18 heavy (non-hydrogen) atoms. The summed E-state index contributed by atoms with van der Waals surface area (Å²) < 4.78 is 5.52. The van der Waals surface area contributed by atoms with Crippen LogP contribution in [0.25, 0.3) is 0 Å². The number of likely N-dealkylation sites (N-methyl/N-ethyl adjacent to an activating group) is 2. The van der Waals surface area contributed by atoms with Gasteiger partial charge in [-0.05, 0) is 45.2 Å². The van der Waals surface area contributed by atoms with Gasteiger partial charge in [0.25, 0.3) is 0 Å². The maximum Gasteiger partial charge on any atom is 0.0593 e. The van der Waals surface area contributed by atoms with Crippen molar-refractivity contribution in [3.63, 3.8) is 0 Å². The van der Waals surface area contributed by atoms with Gasteiger partial charge in [-0.1, -0.05) is 20.8 Å². The molecule has 1 N–H and O–H groups in total. The zero-order valence-electron chi connectivity index (χ0n) is 12.7. The lowest BCUT2D eigenvalue weighted by Crippen LogP contribution is -2.53. The summed E-state index contributed by atoms with van der Waals surface area (Å²) in [7, 11) is 0. The second-order valence-corrected chi connectivity index (χ2v) is 5.48. The van der Waals surface area contributed by atoms with Crippen LogP contribution < -0.4 is 5.32 Å². The van der Waals surface area contributed by atoms with Crippen LogP contribution in [0.1, 0.15) is 47.0 Å². The van der Waals surface area contributed by atoms with E-state index in [0.717, 1.165) is 38.8 Å². The smallest absolute Gasteiger partial charge is 0.0593 e. The summed E-state index contributed by atoms with van der Waals surface area (Å²) in [6.45, 7) is 13.9. The van der Waals surface area contributed by atoms with Crippen LogP contribution in [-0.4, -0.2) is 49.8 Å². The molecule has 1 rings (SSSR count). The molecule has 3 heteroatoms. The average Bonchev–Trinajstić information content (AvgIpc) is 2.37. The van der Waals surface area contributed by atoms with E-state index in [1.165, 1.54) is 19.3 Å². The predicted molar refractivity (Wildman–Crippen MR) is 78.0 cm³/mol. The first-order valence-electron chi connectivity index (χ1n) is 7.78. The topological polar surface area (TPSA) is 24.5 Å². The second-order valence-electron chi connectivity index (χ2n) is 5.48.